The van der Waals surface area contributed by atoms with Gasteiger partial charge in [0.05, 0.1) is 23.1 Å². The molecule has 0 spiro atoms. The van der Waals surface area contributed by atoms with Crippen LogP contribution in [0.25, 0.3) is 0 Å². The first kappa shape index (κ1) is 16.3. The van der Waals surface area contributed by atoms with E-state index >= 15 is 0 Å². The van der Waals surface area contributed by atoms with Crippen molar-refractivity contribution >= 4 is 7.26 Å². The zero-order valence-corrected chi connectivity index (χ0v) is 15.4. The fourth-order valence-electron chi connectivity index (χ4n) is 6.35. The quantitative estimate of drug-likeness (QED) is 0.489. The summed E-state index contributed by atoms with van der Waals surface area (Å²) in [5.74, 6) is 0. The molecule has 0 N–H and O–H groups in total. The Morgan fingerprint density at radius 1 is 0.524 bits per heavy atom. The summed E-state index contributed by atoms with van der Waals surface area (Å²) >= 11 is 0. The highest BCUT2D eigenvalue weighted by molar-refractivity contribution is 7.77. The molecule has 0 heterocycles. The van der Waals surface area contributed by atoms with Crippen LogP contribution in [0.1, 0.15) is 103 Å². The molecular formula is C20H38P+. The van der Waals surface area contributed by atoms with Crippen LogP contribution in [0.5, 0.6) is 0 Å². The van der Waals surface area contributed by atoms with E-state index in [1.165, 1.54) is 36.2 Å². The largest absolute Gasteiger partial charge is 0.0703 e. The van der Waals surface area contributed by atoms with E-state index in [2.05, 4.69) is 6.92 Å². The molecule has 21 heavy (non-hydrogen) atoms. The summed E-state index contributed by atoms with van der Waals surface area (Å²) in [7, 11) is -0.703. The summed E-state index contributed by atoms with van der Waals surface area (Å²) in [5.41, 5.74) is 3.59. The van der Waals surface area contributed by atoms with Crippen LogP contribution < -0.4 is 0 Å². The Bertz CT molecular complexity index is 247. The van der Waals surface area contributed by atoms with Crippen LogP contribution in [-0.4, -0.2) is 23.1 Å². The van der Waals surface area contributed by atoms with Gasteiger partial charge < -0.3 is 0 Å². The van der Waals surface area contributed by atoms with E-state index in [4.69, 9.17) is 0 Å². The monoisotopic (exact) mass is 309 g/mol. The molecule has 3 aliphatic carbocycles. The molecule has 0 unspecified atom stereocenters. The second kappa shape index (κ2) is 7.81. The van der Waals surface area contributed by atoms with Crippen molar-refractivity contribution in [1.82, 2.24) is 0 Å². The molecule has 0 amide bonds. The predicted octanol–water partition coefficient (Wildman–Crippen LogP) is 7.02. The first-order chi connectivity index (χ1) is 10.4. The molecule has 0 saturated heterocycles. The first-order valence-electron chi connectivity index (χ1n) is 10.2. The Kier molecular flexibility index (Phi) is 6.06. The van der Waals surface area contributed by atoms with Crippen molar-refractivity contribution in [2.75, 3.05) is 6.16 Å². The number of rotatable bonds is 4. The lowest BCUT2D eigenvalue weighted by atomic mass is 9.99. The van der Waals surface area contributed by atoms with E-state index in [9.17, 15) is 0 Å². The molecule has 0 radical (unpaired) electrons. The van der Waals surface area contributed by atoms with Gasteiger partial charge in [0.2, 0.25) is 0 Å². The van der Waals surface area contributed by atoms with Crippen molar-refractivity contribution in [3.05, 3.63) is 0 Å². The van der Waals surface area contributed by atoms with Crippen molar-refractivity contribution in [3.8, 4) is 0 Å². The Morgan fingerprint density at radius 2 is 0.810 bits per heavy atom. The summed E-state index contributed by atoms with van der Waals surface area (Å²) < 4.78 is 0. The van der Waals surface area contributed by atoms with Crippen LogP contribution in [0.2, 0.25) is 0 Å². The summed E-state index contributed by atoms with van der Waals surface area (Å²) in [6, 6.07) is 0. The lowest BCUT2D eigenvalue weighted by Gasteiger charge is -2.48. The third kappa shape index (κ3) is 3.36. The van der Waals surface area contributed by atoms with Crippen LogP contribution in [0.4, 0.5) is 0 Å². The Balaban J connectivity index is 1.85. The van der Waals surface area contributed by atoms with Gasteiger partial charge in [-0.1, -0.05) is 19.3 Å². The van der Waals surface area contributed by atoms with Gasteiger partial charge in [0.1, 0.15) is 0 Å². The van der Waals surface area contributed by atoms with Crippen molar-refractivity contribution in [2.45, 2.75) is 120 Å². The number of hydrogen-bond donors (Lipinski definition) is 0. The molecule has 0 aromatic rings. The average Bonchev–Trinajstić information content (AvgIpc) is 2.59. The van der Waals surface area contributed by atoms with Crippen LogP contribution in [0.15, 0.2) is 0 Å². The van der Waals surface area contributed by atoms with Crippen LogP contribution >= 0.6 is 7.26 Å². The molecule has 0 aliphatic heterocycles. The van der Waals surface area contributed by atoms with Gasteiger partial charge in [0.25, 0.3) is 0 Å². The lowest BCUT2D eigenvalue weighted by molar-refractivity contribution is 0.451. The SMILES string of the molecule is CC[P+](C1CCCCC1)(C1CCCCC1)C1CCCCC1. The third-order valence-electron chi connectivity index (χ3n) is 7.31. The smallest absolute Gasteiger partial charge is 0.0530 e. The Hall–Kier alpha value is 0.430. The molecule has 0 nitrogen and oxygen atoms in total. The zero-order valence-electron chi connectivity index (χ0n) is 14.5. The maximum absolute atomic E-state index is 2.62. The molecule has 3 fully saturated rings. The minimum atomic E-state index is -0.703. The van der Waals surface area contributed by atoms with E-state index in [1.54, 1.807) is 83.2 Å². The molecule has 0 aromatic heterocycles. The second-order valence-electron chi connectivity index (χ2n) is 8.19. The Morgan fingerprint density at radius 3 is 1.05 bits per heavy atom. The highest BCUT2D eigenvalue weighted by Crippen LogP contribution is 2.76. The molecule has 3 aliphatic rings. The van der Waals surface area contributed by atoms with Crippen molar-refractivity contribution < 1.29 is 0 Å². The van der Waals surface area contributed by atoms with Gasteiger partial charge >= 0.3 is 0 Å². The van der Waals surface area contributed by atoms with Gasteiger partial charge in [-0.05, 0) is 84.0 Å². The highest BCUT2D eigenvalue weighted by atomic mass is 31.2. The molecule has 1 heteroatoms. The summed E-state index contributed by atoms with van der Waals surface area (Å²) in [6.45, 7) is 2.62. The molecule has 122 valence electrons. The summed E-state index contributed by atoms with van der Waals surface area (Å²) in [6.07, 6.45) is 25.3. The van der Waals surface area contributed by atoms with E-state index in [1.807, 2.05) is 0 Å². The van der Waals surface area contributed by atoms with Crippen molar-refractivity contribution in [2.24, 2.45) is 0 Å². The molecule has 0 atom stereocenters. The zero-order chi connectivity index (χ0) is 14.5. The normalized spacial score (nSPS) is 27.9. The molecule has 0 aromatic carbocycles. The predicted molar refractivity (Wildman–Crippen MR) is 98.1 cm³/mol. The van der Waals surface area contributed by atoms with Gasteiger partial charge in [-0.2, -0.15) is 0 Å². The fourth-order valence-corrected chi connectivity index (χ4v) is 13.7. The van der Waals surface area contributed by atoms with Gasteiger partial charge in [0, 0.05) is 7.26 Å². The van der Waals surface area contributed by atoms with Crippen molar-refractivity contribution in [1.29, 1.82) is 0 Å². The van der Waals surface area contributed by atoms with E-state index in [0.29, 0.717) is 0 Å². The second-order valence-corrected chi connectivity index (χ2v) is 13.0. The summed E-state index contributed by atoms with van der Waals surface area (Å²) in [4.78, 5) is 0. The molecule has 3 saturated carbocycles. The van der Waals surface area contributed by atoms with Crippen LogP contribution in [0, 0.1) is 0 Å². The van der Waals surface area contributed by atoms with E-state index in [0.717, 1.165) is 0 Å². The standard InChI is InChI=1S/C20H38P/c1-2-21(18-12-6-3-7-13-18,19-14-8-4-9-15-19)20-16-10-5-11-17-20/h18-20H,2-17H2,1H3/q+1. The molecule has 3 rings (SSSR count). The van der Waals surface area contributed by atoms with Gasteiger partial charge in [-0.25, -0.2) is 0 Å². The third-order valence-corrected chi connectivity index (χ3v) is 14.0. The summed E-state index contributed by atoms with van der Waals surface area (Å²) in [5, 5.41) is 0. The lowest BCUT2D eigenvalue weighted by Crippen LogP contribution is -2.37. The highest BCUT2D eigenvalue weighted by Gasteiger charge is 2.55. The van der Waals surface area contributed by atoms with Gasteiger partial charge in [-0.3, -0.25) is 0 Å². The van der Waals surface area contributed by atoms with Crippen LogP contribution in [0.3, 0.4) is 0 Å². The van der Waals surface area contributed by atoms with E-state index in [-0.39, 0.29) is 0 Å². The fraction of sp³-hybridized carbons (Fsp3) is 1.00. The first-order valence-corrected chi connectivity index (χ1v) is 12.4. The number of hydrogen-bond acceptors (Lipinski definition) is 0. The maximum atomic E-state index is 2.62. The maximum Gasteiger partial charge on any atom is 0.0703 e. The minimum Gasteiger partial charge on any atom is -0.0530 e. The van der Waals surface area contributed by atoms with Crippen molar-refractivity contribution in [3.63, 3.8) is 0 Å². The molecular weight excluding hydrogens is 271 g/mol. The average molecular weight is 309 g/mol. The minimum absolute atomic E-state index is 0.703. The molecule has 0 bridgehead atoms. The van der Waals surface area contributed by atoms with Gasteiger partial charge in [0.15, 0.2) is 0 Å². The van der Waals surface area contributed by atoms with E-state index < -0.39 is 7.26 Å². The van der Waals surface area contributed by atoms with Gasteiger partial charge in [-0.15, -0.1) is 0 Å². The Labute approximate surface area is 134 Å². The topological polar surface area (TPSA) is 0 Å². The van der Waals surface area contributed by atoms with Crippen LogP contribution in [-0.2, 0) is 0 Å².